The van der Waals surface area contributed by atoms with Gasteiger partial charge in [0.25, 0.3) is 0 Å². The van der Waals surface area contributed by atoms with E-state index in [1.165, 1.54) is 13.2 Å². The predicted molar refractivity (Wildman–Crippen MR) is 83.5 cm³/mol. The third kappa shape index (κ3) is 2.33. The summed E-state index contributed by atoms with van der Waals surface area (Å²) in [6.45, 7) is 3.95. The van der Waals surface area contributed by atoms with Crippen LogP contribution in [0.4, 0.5) is 0 Å². The summed E-state index contributed by atoms with van der Waals surface area (Å²) in [5.74, 6) is 1.13. The number of allylic oxidation sites excluding steroid dienone is 1. The van der Waals surface area contributed by atoms with Gasteiger partial charge in [0.15, 0.2) is 17.3 Å². The lowest BCUT2D eigenvalue weighted by Gasteiger charge is -2.04. The average Bonchev–Trinajstić information content (AvgIpc) is 2.78. The van der Waals surface area contributed by atoms with Gasteiger partial charge in [0.05, 0.1) is 12.7 Å². The van der Waals surface area contributed by atoms with Crippen LogP contribution in [0.15, 0.2) is 36.1 Å². The van der Waals surface area contributed by atoms with Gasteiger partial charge in [-0.2, -0.15) is 0 Å². The summed E-state index contributed by atoms with van der Waals surface area (Å²) in [7, 11) is 1.48. The average molecular weight is 296 g/mol. The van der Waals surface area contributed by atoms with Crippen LogP contribution < -0.4 is 9.47 Å². The van der Waals surface area contributed by atoms with Crippen LogP contribution >= 0.6 is 0 Å². The molecule has 0 aromatic heterocycles. The van der Waals surface area contributed by atoms with Crippen LogP contribution in [0.5, 0.6) is 17.2 Å². The van der Waals surface area contributed by atoms with Gasteiger partial charge in [-0.05, 0) is 60.9 Å². The SMILES string of the molecule is COc1cc(/C=C2\Oc3cc(C)c(C)cc3C2=O)ccc1O. The van der Waals surface area contributed by atoms with Gasteiger partial charge >= 0.3 is 0 Å². The maximum absolute atomic E-state index is 12.4. The Balaban J connectivity index is 1.99. The number of methoxy groups -OCH3 is 1. The Hall–Kier alpha value is -2.75. The van der Waals surface area contributed by atoms with Crippen LogP contribution in [-0.2, 0) is 0 Å². The number of ketones is 1. The maximum Gasteiger partial charge on any atom is 0.231 e. The zero-order chi connectivity index (χ0) is 15.9. The highest BCUT2D eigenvalue weighted by Gasteiger charge is 2.27. The van der Waals surface area contributed by atoms with E-state index in [4.69, 9.17) is 9.47 Å². The number of carbonyl (C=O) groups is 1. The number of carbonyl (C=O) groups excluding carboxylic acids is 1. The third-order valence-corrected chi connectivity index (χ3v) is 3.79. The summed E-state index contributed by atoms with van der Waals surface area (Å²) >= 11 is 0. The Kier molecular flexibility index (Phi) is 3.37. The fourth-order valence-electron chi connectivity index (χ4n) is 2.38. The number of fused-ring (bicyclic) bond motifs is 1. The van der Waals surface area contributed by atoms with Gasteiger partial charge in [-0.3, -0.25) is 4.79 Å². The molecule has 2 aromatic carbocycles. The molecular formula is C18H16O4. The quantitative estimate of drug-likeness (QED) is 0.860. The van der Waals surface area contributed by atoms with Crippen molar-refractivity contribution in [3.05, 3.63) is 58.3 Å². The minimum atomic E-state index is -0.134. The van der Waals surface area contributed by atoms with E-state index in [0.717, 1.165) is 16.7 Å². The highest BCUT2D eigenvalue weighted by Crippen LogP contribution is 2.35. The topological polar surface area (TPSA) is 55.8 Å². The first-order valence-electron chi connectivity index (χ1n) is 6.92. The zero-order valence-corrected chi connectivity index (χ0v) is 12.6. The number of Topliss-reactive ketones (excluding diaryl/α,β-unsaturated/α-hetero) is 1. The molecule has 0 saturated heterocycles. The molecule has 0 saturated carbocycles. The Morgan fingerprint density at radius 2 is 1.86 bits per heavy atom. The summed E-state index contributed by atoms with van der Waals surface area (Å²) in [5.41, 5.74) is 3.45. The van der Waals surface area contributed by atoms with Crippen molar-refractivity contribution < 1.29 is 19.4 Å². The number of hydrogen-bond acceptors (Lipinski definition) is 4. The molecule has 112 valence electrons. The van der Waals surface area contributed by atoms with Crippen LogP contribution in [0.3, 0.4) is 0 Å². The van der Waals surface area contributed by atoms with Crippen LogP contribution in [0.2, 0.25) is 0 Å². The molecule has 1 aliphatic rings. The molecule has 3 rings (SSSR count). The summed E-state index contributed by atoms with van der Waals surface area (Å²) in [5, 5.41) is 9.61. The van der Waals surface area contributed by atoms with Crippen LogP contribution in [0, 0.1) is 13.8 Å². The summed E-state index contributed by atoms with van der Waals surface area (Å²) < 4.78 is 10.7. The second-order valence-corrected chi connectivity index (χ2v) is 5.30. The van der Waals surface area contributed by atoms with E-state index in [0.29, 0.717) is 17.1 Å². The molecule has 0 radical (unpaired) electrons. The van der Waals surface area contributed by atoms with E-state index in [1.807, 2.05) is 26.0 Å². The van der Waals surface area contributed by atoms with E-state index in [2.05, 4.69) is 0 Å². The normalized spacial score (nSPS) is 14.9. The Bertz CT molecular complexity index is 803. The molecule has 0 unspecified atom stereocenters. The van der Waals surface area contributed by atoms with Crippen molar-refractivity contribution in [3.63, 3.8) is 0 Å². The van der Waals surface area contributed by atoms with E-state index in [1.54, 1.807) is 18.2 Å². The molecule has 1 aliphatic heterocycles. The van der Waals surface area contributed by atoms with E-state index in [9.17, 15) is 9.90 Å². The van der Waals surface area contributed by atoms with Crippen molar-refractivity contribution in [2.75, 3.05) is 7.11 Å². The van der Waals surface area contributed by atoms with Crippen molar-refractivity contribution in [3.8, 4) is 17.2 Å². The molecule has 0 bridgehead atoms. The van der Waals surface area contributed by atoms with Gasteiger partial charge in [-0.15, -0.1) is 0 Å². The van der Waals surface area contributed by atoms with Crippen LogP contribution in [0.1, 0.15) is 27.0 Å². The van der Waals surface area contributed by atoms with Gasteiger partial charge in [0, 0.05) is 0 Å². The lowest BCUT2D eigenvalue weighted by Crippen LogP contribution is -1.98. The van der Waals surface area contributed by atoms with Crippen molar-refractivity contribution >= 4 is 11.9 Å². The summed E-state index contributed by atoms with van der Waals surface area (Å²) in [6, 6.07) is 8.59. The monoisotopic (exact) mass is 296 g/mol. The number of phenolic OH excluding ortho intramolecular Hbond substituents is 1. The molecular weight excluding hydrogens is 280 g/mol. The minimum Gasteiger partial charge on any atom is -0.504 e. The largest absolute Gasteiger partial charge is 0.504 e. The molecule has 0 aliphatic carbocycles. The standard InChI is InChI=1S/C18H16O4/c1-10-6-13-15(7-11(10)2)22-17(18(13)20)9-12-4-5-14(19)16(8-12)21-3/h4-9,19H,1-3H3/b17-9-. The molecule has 0 spiro atoms. The maximum atomic E-state index is 12.4. The van der Waals surface area contributed by atoms with E-state index < -0.39 is 0 Å². The van der Waals surface area contributed by atoms with Crippen molar-refractivity contribution in [2.45, 2.75) is 13.8 Å². The second-order valence-electron chi connectivity index (χ2n) is 5.30. The van der Waals surface area contributed by atoms with Crippen LogP contribution in [-0.4, -0.2) is 18.0 Å². The minimum absolute atomic E-state index is 0.0536. The van der Waals surface area contributed by atoms with E-state index >= 15 is 0 Å². The van der Waals surface area contributed by atoms with Gasteiger partial charge in [0.1, 0.15) is 5.75 Å². The molecule has 1 N–H and O–H groups in total. The number of ether oxygens (including phenoxy) is 2. The smallest absolute Gasteiger partial charge is 0.231 e. The van der Waals surface area contributed by atoms with Crippen molar-refractivity contribution in [2.24, 2.45) is 0 Å². The first kappa shape index (κ1) is 14.2. The van der Waals surface area contributed by atoms with Gasteiger partial charge in [-0.1, -0.05) is 6.07 Å². The lowest BCUT2D eigenvalue weighted by molar-refractivity contribution is 0.101. The van der Waals surface area contributed by atoms with Crippen molar-refractivity contribution in [1.29, 1.82) is 0 Å². The fraction of sp³-hybridized carbons (Fsp3) is 0.167. The fourth-order valence-corrected chi connectivity index (χ4v) is 2.38. The number of benzene rings is 2. The molecule has 2 aromatic rings. The first-order chi connectivity index (χ1) is 10.5. The van der Waals surface area contributed by atoms with Gasteiger partial charge in [0.2, 0.25) is 5.78 Å². The summed E-state index contributed by atoms with van der Waals surface area (Å²) in [4.78, 5) is 12.4. The predicted octanol–water partition coefficient (Wildman–Crippen LogP) is 3.63. The highest BCUT2D eigenvalue weighted by molar-refractivity contribution is 6.14. The summed E-state index contributed by atoms with van der Waals surface area (Å²) in [6.07, 6.45) is 1.65. The number of hydrogen-bond donors (Lipinski definition) is 1. The molecule has 0 atom stereocenters. The van der Waals surface area contributed by atoms with Gasteiger partial charge < -0.3 is 14.6 Å². The van der Waals surface area contributed by atoms with Crippen molar-refractivity contribution in [1.82, 2.24) is 0 Å². The third-order valence-electron chi connectivity index (χ3n) is 3.79. The number of phenols is 1. The Labute approximate surface area is 128 Å². The Morgan fingerprint density at radius 1 is 1.14 bits per heavy atom. The molecule has 0 amide bonds. The van der Waals surface area contributed by atoms with E-state index in [-0.39, 0.29) is 17.3 Å². The number of rotatable bonds is 2. The zero-order valence-electron chi connectivity index (χ0n) is 12.6. The van der Waals surface area contributed by atoms with Crippen LogP contribution in [0.25, 0.3) is 6.08 Å². The Morgan fingerprint density at radius 3 is 2.59 bits per heavy atom. The molecule has 1 heterocycles. The lowest BCUT2D eigenvalue weighted by atomic mass is 10.0. The second kappa shape index (κ2) is 5.22. The molecule has 4 heteroatoms. The molecule has 22 heavy (non-hydrogen) atoms. The number of aromatic hydroxyl groups is 1. The highest BCUT2D eigenvalue weighted by atomic mass is 16.5. The molecule has 4 nitrogen and oxygen atoms in total. The first-order valence-corrected chi connectivity index (χ1v) is 6.92. The molecule has 0 fully saturated rings. The number of aryl methyl sites for hydroxylation is 2. The van der Waals surface area contributed by atoms with Gasteiger partial charge in [-0.25, -0.2) is 0 Å².